The number of anilines is 1. The predicted molar refractivity (Wildman–Crippen MR) is 58.9 cm³/mol. The van der Waals surface area contributed by atoms with E-state index in [0.717, 1.165) is 18.4 Å². The first-order valence-electron chi connectivity index (χ1n) is 5.24. The zero-order valence-corrected chi connectivity index (χ0v) is 9.21. The van der Waals surface area contributed by atoms with Crippen molar-refractivity contribution >= 4 is 11.7 Å². The summed E-state index contributed by atoms with van der Waals surface area (Å²) in [6, 6.07) is 0. The molecule has 5 nitrogen and oxygen atoms in total. The molecule has 4 N–H and O–H groups in total. The molecule has 1 amide bonds. The lowest BCUT2D eigenvalue weighted by Crippen LogP contribution is -2.29. The van der Waals surface area contributed by atoms with E-state index in [4.69, 9.17) is 5.73 Å². The van der Waals surface area contributed by atoms with Crippen LogP contribution in [0.1, 0.15) is 32.3 Å². The maximum Gasteiger partial charge on any atom is 0.223 e. The predicted octanol–water partition coefficient (Wildman–Crippen LogP) is 1.04. The molecular weight excluding hydrogens is 192 g/mol. The number of nitrogens with one attached hydrogen (secondary N) is 2. The number of amides is 1. The minimum atomic E-state index is 0.0839. The van der Waals surface area contributed by atoms with Gasteiger partial charge in [0.1, 0.15) is 5.82 Å². The number of nitrogens with zero attached hydrogens (tertiary/aromatic N) is 1. The average Bonchev–Trinajstić information content (AvgIpc) is 2.63. The van der Waals surface area contributed by atoms with Crippen molar-refractivity contribution in [3.63, 3.8) is 0 Å². The number of carbonyl (C=O) groups is 1. The number of hydrogen-bond acceptors (Lipinski definition) is 3. The van der Waals surface area contributed by atoms with Crippen LogP contribution in [-0.2, 0) is 11.3 Å². The standard InChI is InChI=1S/C10H18N4O/c1-3-7(4-2)10(15)12-5-8-6-13-14-9(8)11/h6-7H,3-5H2,1-2H3,(H,12,15)(H3,11,13,14). The summed E-state index contributed by atoms with van der Waals surface area (Å²) in [7, 11) is 0. The molecule has 0 aliphatic rings. The summed E-state index contributed by atoms with van der Waals surface area (Å²) >= 11 is 0. The molecule has 1 aromatic heterocycles. The van der Waals surface area contributed by atoms with Gasteiger partial charge in [0.2, 0.25) is 5.91 Å². The summed E-state index contributed by atoms with van der Waals surface area (Å²) in [5.41, 5.74) is 6.43. The van der Waals surface area contributed by atoms with E-state index < -0.39 is 0 Å². The van der Waals surface area contributed by atoms with E-state index in [1.165, 1.54) is 0 Å². The summed E-state index contributed by atoms with van der Waals surface area (Å²) < 4.78 is 0. The van der Waals surface area contributed by atoms with Crippen LogP contribution in [0.2, 0.25) is 0 Å². The lowest BCUT2D eigenvalue weighted by atomic mass is 10.0. The number of nitrogen functional groups attached to an aromatic ring is 1. The molecule has 0 aliphatic heterocycles. The fourth-order valence-corrected chi connectivity index (χ4v) is 1.45. The van der Waals surface area contributed by atoms with Gasteiger partial charge >= 0.3 is 0 Å². The zero-order chi connectivity index (χ0) is 11.3. The highest BCUT2D eigenvalue weighted by atomic mass is 16.1. The van der Waals surface area contributed by atoms with Gasteiger partial charge in [-0.15, -0.1) is 0 Å². The quantitative estimate of drug-likeness (QED) is 0.679. The second kappa shape index (κ2) is 5.38. The van der Waals surface area contributed by atoms with Gasteiger partial charge in [0.05, 0.1) is 6.20 Å². The summed E-state index contributed by atoms with van der Waals surface area (Å²) in [4.78, 5) is 11.6. The van der Waals surface area contributed by atoms with Crippen LogP contribution in [0, 0.1) is 5.92 Å². The van der Waals surface area contributed by atoms with Crippen LogP contribution in [-0.4, -0.2) is 16.1 Å². The van der Waals surface area contributed by atoms with Crippen molar-refractivity contribution in [2.45, 2.75) is 33.2 Å². The van der Waals surface area contributed by atoms with E-state index in [9.17, 15) is 4.79 Å². The fraction of sp³-hybridized carbons (Fsp3) is 0.600. The highest BCUT2D eigenvalue weighted by molar-refractivity contribution is 5.78. The van der Waals surface area contributed by atoms with Crippen LogP contribution < -0.4 is 11.1 Å². The largest absolute Gasteiger partial charge is 0.384 e. The third-order valence-electron chi connectivity index (χ3n) is 2.56. The molecule has 0 atom stereocenters. The van der Waals surface area contributed by atoms with E-state index in [1.807, 2.05) is 13.8 Å². The van der Waals surface area contributed by atoms with Crippen LogP contribution in [0.15, 0.2) is 6.20 Å². The molecule has 15 heavy (non-hydrogen) atoms. The molecule has 0 spiro atoms. The third-order valence-corrected chi connectivity index (χ3v) is 2.56. The monoisotopic (exact) mass is 210 g/mol. The zero-order valence-electron chi connectivity index (χ0n) is 9.21. The molecule has 0 aliphatic carbocycles. The molecule has 1 rings (SSSR count). The van der Waals surface area contributed by atoms with Crippen molar-refractivity contribution in [1.82, 2.24) is 15.5 Å². The highest BCUT2D eigenvalue weighted by Crippen LogP contribution is 2.09. The van der Waals surface area contributed by atoms with Crippen molar-refractivity contribution in [3.8, 4) is 0 Å². The summed E-state index contributed by atoms with van der Waals surface area (Å²) in [5, 5.41) is 9.26. The first-order valence-corrected chi connectivity index (χ1v) is 5.24. The maximum atomic E-state index is 11.6. The second-order valence-electron chi connectivity index (χ2n) is 3.54. The normalized spacial score (nSPS) is 10.6. The molecule has 0 bridgehead atoms. The summed E-state index contributed by atoms with van der Waals surface area (Å²) in [5.74, 6) is 0.693. The molecule has 0 unspecified atom stereocenters. The molecule has 1 aromatic rings. The smallest absolute Gasteiger partial charge is 0.223 e. The maximum absolute atomic E-state index is 11.6. The minimum Gasteiger partial charge on any atom is -0.384 e. The van der Waals surface area contributed by atoms with Crippen molar-refractivity contribution in [3.05, 3.63) is 11.8 Å². The molecule has 0 radical (unpaired) electrons. The molecule has 0 saturated heterocycles. The Hall–Kier alpha value is -1.52. The van der Waals surface area contributed by atoms with E-state index in [1.54, 1.807) is 6.20 Å². The molecule has 0 aromatic carbocycles. The lowest BCUT2D eigenvalue weighted by molar-refractivity contribution is -0.125. The van der Waals surface area contributed by atoms with Crippen LogP contribution in [0.4, 0.5) is 5.82 Å². The Morgan fingerprint density at radius 3 is 2.73 bits per heavy atom. The minimum absolute atomic E-state index is 0.0839. The van der Waals surface area contributed by atoms with Crippen LogP contribution in [0.3, 0.4) is 0 Å². The van der Waals surface area contributed by atoms with Crippen LogP contribution in [0.5, 0.6) is 0 Å². The Balaban J connectivity index is 2.43. The van der Waals surface area contributed by atoms with Crippen molar-refractivity contribution in [2.75, 3.05) is 5.73 Å². The first-order chi connectivity index (χ1) is 7.19. The number of nitrogens with two attached hydrogens (primary N) is 1. The number of aromatic nitrogens is 2. The van der Waals surface area contributed by atoms with Crippen molar-refractivity contribution in [2.24, 2.45) is 5.92 Å². The molecule has 0 saturated carbocycles. The SMILES string of the molecule is CCC(CC)C(=O)NCc1cn[nH]c1N. The molecule has 84 valence electrons. The number of hydrogen-bond donors (Lipinski definition) is 3. The Morgan fingerprint density at radius 2 is 2.27 bits per heavy atom. The number of H-pyrrole nitrogens is 1. The van der Waals surface area contributed by atoms with Gasteiger partial charge in [-0.05, 0) is 12.8 Å². The van der Waals surface area contributed by atoms with Gasteiger partial charge < -0.3 is 11.1 Å². The summed E-state index contributed by atoms with van der Waals surface area (Å²) in [6.07, 6.45) is 3.36. The van der Waals surface area contributed by atoms with Crippen molar-refractivity contribution in [1.29, 1.82) is 0 Å². The lowest BCUT2D eigenvalue weighted by Gasteiger charge is -2.12. The van der Waals surface area contributed by atoms with Gasteiger partial charge in [0, 0.05) is 18.0 Å². The molecule has 0 fully saturated rings. The Kier molecular flexibility index (Phi) is 4.15. The van der Waals surface area contributed by atoms with Gasteiger partial charge in [-0.2, -0.15) is 5.10 Å². The van der Waals surface area contributed by atoms with Crippen molar-refractivity contribution < 1.29 is 4.79 Å². The fourth-order valence-electron chi connectivity index (χ4n) is 1.45. The summed E-state index contributed by atoms with van der Waals surface area (Å²) in [6.45, 7) is 4.47. The van der Waals surface area contributed by atoms with Gasteiger partial charge in [-0.1, -0.05) is 13.8 Å². The van der Waals surface area contributed by atoms with Gasteiger partial charge in [0.25, 0.3) is 0 Å². The average molecular weight is 210 g/mol. The number of rotatable bonds is 5. The second-order valence-corrected chi connectivity index (χ2v) is 3.54. The van der Waals surface area contributed by atoms with E-state index in [-0.39, 0.29) is 11.8 Å². The number of aromatic amines is 1. The third kappa shape index (κ3) is 2.97. The Bertz CT molecular complexity index is 317. The van der Waals surface area contributed by atoms with Gasteiger partial charge in [0.15, 0.2) is 0 Å². The molecule has 5 heteroatoms. The van der Waals surface area contributed by atoms with E-state index >= 15 is 0 Å². The van der Waals surface area contributed by atoms with Crippen LogP contribution >= 0.6 is 0 Å². The van der Waals surface area contributed by atoms with Crippen LogP contribution in [0.25, 0.3) is 0 Å². The topological polar surface area (TPSA) is 83.8 Å². The highest BCUT2D eigenvalue weighted by Gasteiger charge is 2.13. The molecule has 1 heterocycles. The van der Waals surface area contributed by atoms with E-state index in [2.05, 4.69) is 15.5 Å². The van der Waals surface area contributed by atoms with Gasteiger partial charge in [-0.3, -0.25) is 9.89 Å². The Morgan fingerprint density at radius 1 is 1.60 bits per heavy atom. The van der Waals surface area contributed by atoms with E-state index in [0.29, 0.717) is 12.4 Å². The molecular formula is C10H18N4O. The first kappa shape index (κ1) is 11.6. The number of carbonyl (C=O) groups excluding carboxylic acids is 1. The Labute approximate surface area is 89.4 Å². The van der Waals surface area contributed by atoms with Gasteiger partial charge in [-0.25, -0.2) is 0 Å².